The van der Waals surface area contributed by atoms with Crippen molar-refractivity contribution in [3.8, 4) is 17.2 Å². The Morgan fingerprint density at radius 2 is 1.58 bits per heavy atom. The van der Waals surface area contributed by atoms with Gasteiger partial charge >= 0.3 is 12.5 Å². The topological polar surface area (TPSA) is 71.7 Å². The fourth-order valence-electron chi connectivity index (χ4n) is 2.64. The molecule has 6 nitrogen and oxygen atoms in total. The van der Waals surface area contributed by atoms with Gasteiger partial charge in [-0.05, 0) is 42.5 Å². The number of rotatable bonds is 5. The lowest BCUT2D eigenvalue weighted by molar-refractivity contribution is -0.904. The van der Waals surface area contributed by atoms with Crippen LogP contribution < -0.4 is 19.5 Å². The van der Waals surface area contributed by atoms with E-state index in [4.69, 9.17) is 4.74 Å². The maximum Gasteiger partial charge on any atom is 0.573 e. The third kappa shape index (κ3) is 6.02. The van der Waals surface area contributed by atoms with E-state index >= 15 is 0 Å². The number of amides is 1. The molecule has 174 valence electrons. The number of carbonyl (C=O) groups is 1. The van der Waals surface area contributed by atoms with E-state index in [1.807, 2.05) is 0 Å². The fraction of sp³-hybridized carbons (Fsp3) is 0.100. The van der Waals surface area contributed by atoms with Crippen molar-refractivity contribution in [2.24, 2.45) is 0 Å². The van der Waals surface area contributed by atoms with E-state index in [1.54, 1.807) is 0 Å². The van der Waals surface area contributed by atoms with Crippen LogP contribution in [0.4, 0.5) is 36.4 Å². The first-order valence-electron chi connectivity index (χ1n) is 8.79. The molecule has 3 aromatic rings. The van der Waals surface area contributed by atoms with Crippen LogP contribution in [0, 0.1) is 5.82 Å². The molecule has 0 aliphatic carbocycles. The summed E-state index contributed by atoms with van der Waals surface area (Å²) < 4.78 is 101. The number of anilines is 1. The number of hydrogen-bond donors (Lipinski definition) is 2. The predicted octanol–water partition coefficient (Wildman–Crippen LogP) is 5.31. The molecule has 1 amide bonds. The van der Waals surface area contributed by atoms with Crippen LogP contribution >= 0.6 is 0 Å². The standard InChI is InChI=1S/C20H11F7N2O4/c21-17-14(19(22,23)24)7-8-15(16(17)18(30)28-11-2-1-9-29(31)10-11)32-12-3-5-13(6-4-12)33-20(25,26)27/h1-10H,(H-,28,30,31)/p+1. The van der Waals surface area contributed by atoms with Crippen molar-refractivity contribution in [2.75, 3.05) is 5.32 Å². The SMILES string of the molecule is O=C(Nc1ccc[n+](O)c1)c1c(Oc2ccc(OC(F)(F)F)cc2)ccc(C(F)(F)F)c1F. The number of halogens is 7. The van der Waals surface area contributed by atoms with E-state index in [2.05, 4.69) is 10.1 Å². The van der Waals surface area contributed by atoms with Gasteiger partial charge in [0.2, 0.25) is 12.4 Å². The van der Waals surface area contributed by atoms with Gasteiger partial charge in [-0.25, -0.2) is 4.39 Å². The molecule has 0 radical (unpaired) electrons. The minimum atomic E-state index is -5.13. The Balaban J connectivity index is 1.97. The molecule has 0 aliphatic heterocycles. The van der Waals surface area contributed by atoms with Crippen molar-refractivity contribution >= 4 is 11.6 Å². The summed E-state index contributed by atoms with van der Waals surface area (Å²) in [6.45, 7) is 0. The smallest absolute Gasteiger partial charge is 0.456 e. The minimum Gasteiger partial charge on any atom is -0.456 e. The van der Waals surface area contributed by atoms with Gasteiger partial charge in [0.05, 0.1) is 5.56 Å². The summed E-state index contributed by atoms with van der Waals surface area (Å²) in [5.41, 5.74) is -2.94. The lowest BCUT2D eigenvalue weighted by Crippen LogP contribution is -2.29. The van der Waals surface area contributed by atoms with Crippen LogP contribution in [0.1, 0.15) is 15.9 Å². The zero-order chi connectivity index (χ0) is 24.4. The molecular weight excluding hydrogens is 465 g/mol. The van der Waals surface area contributed by atoms with Crippen LogP contribution in [0.5, 0.6) is 17.2 Å². The first-order valence-corrected chi connectivity index (χ1v) is 8.79. The minimum absolute atomic E-state index is 0.0820. The van der Waals surface area contributed by atoms with E-state index in [9.17, 15) is 40.7 Å². The number of pyridine rings is 1. The summed E-state index contributed by atoms with van der Waals surface area (Å²) in [6.07, 6.45) is -7.91. The molecule has 0 aliphatic rings. The van der Waals surface area contributed by atoms with Gasteiger partial charge in [-0.1, -0.05) is 0 Å². The summed E-state index contributed by atoms with van der Waals surface area (Å²) in [4.78, 5) is 12.6. The molecule has 0 spiro atoms. The van der Waals surface area contributed by atoms with Crippen molar-refractivity contribution in [3.05, 3.63) is 77.9 Å². The van der Waals surface area contributed by atoms with Gasteiger partial charge in [-0.3, -0.25) is 10.0 Å². The molecule has 0 saturated carbocycles. The van der Waals surface area contributed by atoms with E-state index < -0.39 is 46.9 Å². The quantitative estimate of drug-likeness (QED) is 0.297. The molecule has 3 rings (SSSR count). The van der Waals surface area contributed by atoms with Crippen molar-refractivity contribution in [1.29, 1.82) is 0 Å². The number of nitrogens with zero attached hydrogens (tertiary/aromatic N) is 1. The second kappa shape index (κ2) is 8.84. The summed E-state index contributed by atoms with van der Waals surface area (Å²) in [6, 6.07) is 7.27. The van der Waals surface area contributed by atoms with Crippen molar-refractivity contribution in [3.63, 3.8) is 0 Å². The number of hydrogen-bond acceptors (Lipinski definition) is 4. The van der Waals surface area contributed by atoms with Gasteiger partial charge in [-0.15, -0.1) is 13.2 Å². The van der Waals surface area contributed by atoms with Crippen LogP contribution in [-0.4, -0.2) is 17.5 Å². The Kier molecular flexibility index (Phi) is 6.33. The summed E-state index contributed by atoms with van der Waals surface area (Å²) in [5, 5.41) is 11.5. The molecule has 0 atom stereocenters. The van der Waals surface area contributed by atoms with Gasteiger partial charge < -0.3 is 14.8 Å². The molecule has 2 aromatic carbocycles. The monoisotopic (exact) mass is 477 g/mol. The Bertz CT molecular complexity index is 1160. The summed E-state index contributed by atoms with van der Waals surface area (Å²) in [7, 11) is 0. The number of alkyl halides is 6. The lowest BCUT2D eigenvalue weighted by atomic mass is 10.1. The second-order valence-corrected chi connectivity index (χ2v) is 6.35. The van der Waals surface area contributed by atoms with Crippen LogP contribution in [0.25, 0.3) is 0 Å². The van der Waals surface area contributed by atoms with E-state index in [0.717, 1.165) is 30.5 Å². The largest absolute Gasteiger partial charge is 0.573 e. The van der Waals surface area contributed by atoms with E-state index in [-0.39, 0.29) is 11.4 Å². The van der Waals surface area contributed by atoms with Gasteiger partial charge in [0, 0.05) is 10.8 Å². The van der Waals surface area contributed by atoms with E-state index in [0.29, 0.717) is 16.9 Å². The normalized spacial score (nSPS) is 11.7. The Labute approximate surface area is 180 Å². The zero-order valence-corrected chi connectivity index (χ0v) is 16.0. The van der Waals surface area contributed by atoms with Crippen molar-refractivity contribution in [2.45, 2.75) is 12.5 Å². The predicted molar refractivity (Wildman–Crippen MR) is 96.4 cm³/mol. The lowest BCUT2D eigenvalue weighted by Gasteiger charge is -2.16. The molecule has 2 N–H and O–H groups in total. The average molecular weight is 477 g/mol. The zero-order valence-electron chi connectivity index (χ0n) is 16.0. The molecular formula is C20H12F7N2O4+. The molecule has 13 heteroatoms. The van der Waals surface area contributed by atoms with Gasteiger partial charge in [0.1, 0.15) is 28.5 Å². The Morgan fingerprint density at radius 3 is 2.15 bits per heavy atom. The number of aromatic nitrogens is 1. The second-order valence-electron chi connectivity index (χ2n) is 6.35. The third-order valence-electron chi connectivity index (χ3n) is 3.97. The first kappa shape index (κ1) is 23.6. The molecule has 0 saturated heterocycles. The summed E-state index contributed by atoms with van der Waals surface area (Å²) >= 11 is 0. The maximum absolute atomic E-state index is 14.8. The summed E-state index contributed by atoms with van der Waals surface area (Å²) in [5.74, 6) is -4.73. The Morgan fingerprint density at radius 1 is 0.939 bits per heavy atom. The maximum atomic E-state index is 14.8. The molecule has 0 bridgehead atoms. The molecule has 1 heterocycles. The van der Waals surface area contributed by atoms with Crippen molar-refractivity contribution < 1.29 is 54.9 Å². The van der Waals surface area contributed by atoms with Crippen LogP contribution in [0.2, 0.25) is 0 Å². The van der Waals surface area contributed by atoms with Crippen LogP contribution in [0.15, 0.2) is 60.9 Å². The molecule has 33 heavy (non-hydrogen) atoms. The molecule has 0 unspecified atom stereocenters. The first-order chi connectivity index (χ1) is 15.3. The highest BCUT2D eigenvalue weighted by molar-refractivity contribution is 6.06. The number of carbonyl (C=O) groups excluding carboxylic acids is 1. The van der Waals surface area contributed by atoms with Gasteiger partial charge in [-0.2, -0.15) is 13.2 Å². The van der Waals surface area contributed by atoms with E-state index in [1.165, 1.54) is 18.3 Å². The van der Waals surface area contributed by atoms with Crippen LogP contribution in [-0.2, 0) is 6.18 Å². The fourth-order valence-corrected chi connectivity index (χ4v) is 2.64. The average Bonchev–Trinajstić information content (AvgIpc) is 2.67. The van der Waals surface area contributed by atoms with Gasteiger partial charge in [0.15, 0.2) is 5.82 Å². The number of nitrogens with one attached hydrogen (secondary N) is 1. The third-order valence-corrected chi connectivity index (χ3v) is 3.97. The number of ether oxygens (including phenoxy) is 2. The molecule has 1 aromatic heterocycles. The highest BCUT2D eigenvalue weighted by Gasteiger charge is 2.37. The van der Waals surface area contributed by atoms with Crippen LogP contribution in [0.3, 0.4) is 0 Å². The highest BCUT2D eigenvalue weighted by Crippen LogP contribution is 2.37. The Hall–Kier alpha value is -4.03. The van der Waals surface area contributed by atoms with Crippen molar-refractivity contribution in [1.82, 2.24) is 0 Å². The number of benzene rings is 2. The van der Waals surface area contributed by atoms with Gasteiger partial charge in [0.25, 0.3) is 5.91 Å². The highest BCUT2D eigenvalue weighted by atomic mass is 19.4. The molecule has 0 fully saturated rings.